The van der Waals surface area contributed by atoms with E-state index in [0.29, 0.717) is 0 Å². The quantitative estimate of drug-likeness (QED) is 0.354. The van der Waals surface area contributed by atoms with Gasteiger partial charge in [0.2, 0.25) is 0 Å². The van der Waals surface area contributed by atoms with Crippen molar-refractivity contribution in [2.75, 3.05) is 0 Å². The van der Waals surface area contributed by atoms with Gasteiger partial charge in [-0.2, -0.15) is 0 Å². The third-order valence-corrected chi connectivity index (χ3v) is 2.89. The fourth-order valence-corrected chi connectivity index (χ4v) is 1.77. The van der Waals surface area contributed by atoms with Crippen LogP contribution in [0.1, 0.15) is 20.8 Å². The van der Waals surface area contributed by atoms with Crippen molar-refractivity contribution in [1.82, 2.24) is 0 Å². The summed E-state index contributed by atoms with van der Waals surface area (Å²) in [4.78, 5) is 4.26. The van der Waals surface area contributed by atoms with Crippen molar-refractivity contribution < 1.29 is 4.48 Å². The van der Waals surface area contributed by atoms with Crippen molar-refractivity contribution in [3.8, 4) is 0 Å². The van der Waals surface area contributed by atoms with Crippen LogP contribution in [0, 0.1) is 0 Å². The van der Waals surface area contributed by atoms with E-state index in [1.165, 1.54) is 0 Å². The zero-order valence-corrected chi connectivity index (χ0v) is 6.70. The molecule has 2 atom stereocenters. The molecule has 2 aliphatic rings. The van der Waals surface area contributed by atoms with E-state index in [2.05, 4.69) is 38.3 Å². The average molecular weight is 137 g/mol. The number of nitrogens with zero attached hydrogens (tertiary/aromatic N) is 2. The summed E-state index contributed by atoms with van der Waals surface area (Å²) >= 11 is 0. The Bertz CT molecular complexity index is 219. The Morgan fingerprint density at radius 1 is 1.40 bits per heavy atom. The molecule has 0 aromatic heterocycles. The Balaban J connectivity index is 2.31. The van der Waals surface area contributed by atoms with Gasteiger partial charge in [-0.15, -0.1) is 0 Å². The summed E-state index contributed by atoms with van der Waals surface area (Å²) in [5.74, 6) is 0. The summed E-state index contributed by atoms with van der Waals surface area (Å²) in [6.07, 6.45) is 4.31. The van der Waals surface area contributed by atoms with E-state index in [1.54, 1.807) is 0 Å². The van der Waals surface area contributed by atoms with E-state index in [1.807, 2.05) is 0 Å². The first kappa shape index (κ1) is 6.10. The maximum atomic E-state index is 4.26. The second-order valence-corrected chi connectivity index (χ2v) is 3.39. The molecule has 0 aliphatic carbocycles. The van der Waals surface area contributed by atoms with Gasteiger partial charge in [0.1, 0.15) is 18.3 Å². The van der Waals surface area contributed by atoms with Gasteiger partial charge >= 0.3 is 0 Å². The molecule has 1 fully saturated rings. The van der Waals surface area contributed by atoms with Crippen molar-refractivity contribution in [2.45, 2.75) is 32.9 Å². The average Bonchev–Trinajstić information content (AvgIpc) is 2.37. The summed E-state index contributed by atoms with van der Waals surface area (Å²) in [6.45, 7) is 6.60. The fraction of sp³-hybridized carbons (Fsp3) is 0.625. The van der Waals surface area contributed by atoms with Crippen LogP contribution in [0.3, 0.4) is 0 Å². The van der Waals surface area contributed by atoms with Crippen LogP contribution >= 0.6 is 0 Å². The Kier molecular flexibility index (Phi) is 0.920. The van der Waals surface area contributed by atoms with Crippen molar-refractivity contribution in [3.63, 3.8) is 0 Å². The molecule has 0 saturated carbocycles. The molecule has 2 rings (SSSR count). The third kappa shape index (κ3) is 0.504. The molecule has 2 nitrogen and oxygen atoms in total. The highest BCUT2D eigenvalue weighted by atomic mass is 15.5. The van der Waals surface area contributed by atoms with Crippen LogP contribution < -0.4 is 0 Å². The minimum absolute atomic E-state index is 0.751. The highest BCUT2D eigenvalue weighted by Gasteiger charge is 2.60. The Hall–Kier alpha value is -0.630. The predicted molar refractivity (Wildman–Crippen MR) is 41.4 cm³/mol. The van der Waals surface area contributed by atoms with E-state index < -0.39 is 0 Å². The first-order chi connectivity index (χ1) is 4.67. The lowest BCUT2D eigenvalue weighted by Gasteiger charge is -2.00. The predicted octanol–water partition coefficient (Wildman–Crippen LogP) is 1.50. The molecule has 0 bridgehead atoms. The molecule has 54 valence electrons. The van der Waals surface area contributed by atoms with Gasteiger partial charge in [-0.1, -0.05) is 0 Å². The van der Waals surface area contributed by atoms with E-state index >= 15 is 0 Å². The normalized spacial score (nSPS) is 50.1. The lowest BCUT2D eigenvalue weighted by molar-refractivity contribution is -0.657. The molecule has 2 aliphatic heterocycles. The highest BCUT2D eigenvalue weighted by Crippen LogP contribution is 2.41. The number of quaternary nitrogens is 1. The van der Waals surface area contributed by atoms with E-state index in [4.69, 9.17) is 0 Å². The van der Waals surface area contributed by atoms with Crippen LogP contribution in [0.15, 0.2) is 16.9 Å². The zero-order valence-electron chi connectivity index (χ0n) is 6.70. The molecular formula is C8H13N2+. The van der Waals surface area contributed by atoms with Gasteiger partial charge in [0.05, 0.1) is 5.70 Å². The maximum Gasteiger partial charge on any atom is 0.195 e. The molecule has 2 heteroatoms. The lowest BCUT2D eigenvalue weighted by atomic mass is 10.4. The smallest absolute Gasteiger partial charge is 0.195 e. The van der Waals surface area contributed by atoms with Crippen molar-refractivity contribution in [2.24, 2.45) is 4.99 Å². The van der Waals surface area contributed by atoms with E-state index in [0.717, 1.165) is 22.3 Å². The molecule has 10 heavy (non-hydrogen) atoms. The summed E-state index contributed by atoms with van der Waals surface area (Å²) in [6, 6.07) is 1.50. The number of hydrogen-bond acceptors (Lipinski definition) is 1. The van der Waals surface area contributed by atoms with Gasteiger partial charge in [0.15, 0.2) is 6.34 Å². The van der Waals surface area contributed by atoms with Crippen LogP contribution in [-0.4, -0.2) is 22.9 Å². The Morgan fingerprint density at radius 2 is 2.00 bits per heavy atom. The van der Waals surface area contributed by atoms with Crippen molar-refractivity contribution in [1.29, 1.82) is 0 Å². The van der Waals surface area contributed by atoms with Gasteiger partial charge < -0.3 is 0 Å². The zero-order chi connectivity index (χ0) is 7.35. The molecule has 0 amide bonds. The van der Waals surface area contributed by atoms with Crippen LogP contribution in [0.4, 0.5) is 0 Å². The van der Waals surface area contributed by atoms with Crippen LogP contribution in [-0.2, 0) is 0 Å². The Morgan fingerprint density at radius 3 is 2.20 bits per heavy atom. The summed E-state index contributed by atoms with van der Waals surface area (Å²) in [7, 11) is 0. The van der Waals surface area contributed by atoms with Gasteiger partial charge in [-0.3, -0.25) is 0 Å². The second kappa shape index (κ2) is 1.51. The molecule has 0 aromatic carbocycles. The highest BCUT2D eigenvalue weighted by molar-refractivity contribution is 5.55. The largest absolute Gasteiger partial charge is 0.239 e. The topological polar surface area (TPSA) is 12.4 Å². The number of hydrogen-bond donors (Lipinski definition) is 0. The minimum Gasteiger partial charge on any atom is -0.239 e. The van der Waals surface area contributed by atoms with Crippen molar-refractivity contribution >= 4 is 6.34 Å². The van der Waals surface area contributed by atoms with Crippen LogP contribution in [0.25, 0.3) is 0 Å². The Labute approximate surface area is 61.5 Å². The molecule has 0 radical (unpaired) electrons. The SMILES string of the molecule is CC1=C[N+]2(C=N1)C(C)C2C. The molecule has 0 N–H and O–H groups in total. The second-order valence-electron chi connectivity index (χ2n) is 3.39. The lowest BCUT2D eigenvalue weighted by Crippen LogP contribution is -2.17. The van der Waals surface area contributed by atoms with Gasteiger partial charge in [-0.05, 0) is 20.8 Å². The molecular weight excluding hydrogens is 124 g/mol. The maximum absolute atomic E-state index is 4.26. The van der Waals surface area contributed by atoms with Gasteiger partial charge in [0.25, 0.3) is 0 Å². The number of aliphatic imine (C=N–C) groups is 1. The number of allylic oxidation sites excluding steroid dienone is 1. The van der Waals surface area contributed by atoms with Gasteiger partial charge in [-0.25, -0.2) is 9.48 Å². The van der Waals surface area contributed by atoms with Gasteiger partial charge in [0, 0.05) is 0 Å². The van der Waals surface area contributed by atoms with Crippen molar-refractivity contribution in [3.05, 3.63) is 11.9 Å². The molecule has 1 spiro atoms. The first-order valence-electron chi connectivity index (χ1n) is 3.79. The summed E-state index contributed by atoms with van der Waals surface area (Å²) in [5.41, 5.74) is 1.16. The fourth-order valence-electron chi connectivity index (χ4n) is 1.77. The van der Waals surface area contributed by atoms with Crippen LogP contribution in [0.2, 0.25) is 0 Å². The number of rotatable bonds is 0. The standard InChI is InChI=1S/C8H13N2/c1-6-4-10(5-9-6)7(2)8(10)3/h4-5,7-8H,1-3H3/q+1. The summed E-state index contributed by atoms with van der Waals surface area (Å²) < 4.78 is 1.01. The summed E-state index contributed by atoms with van der Waals surface area (Å²) in [5, 5.41) is 0. The van der Waals surface area contributed by atoms with E-state index in [-0.39, 0.29) is 0 Å². The molecule has 2 unspecified atom stereocenters. The minimum atomic E-state index is 0.751. The molecule has 0 aromatic rings. The monoisotopic (exact) mass is 137 g/mol. The third-order valence-electron chi connectivity index (χ3n) is 2.89. The molecule has 2 heterocycles. The first-order valence-corrected chi connectivity index (χ1v) is 3.79. The van der Waals surface area contributed by atoms with Crippen LogP contribution in [0.5, 0.6) is 0 Å². The van der Waals surface area contributed by atoms with E-state index in [9.17, 15) is 0 Å². The molecule has 1 saturated heterocycles.